The Morgan fingerprint density at radius 2 is 1.91 bits per heavy atom. The number of morpholine rings is 1. The van der Waals surface area contributed by atoms with E-state index in [-0.39, 0.29) is 5.97 Å². The van der Waals surface area contributed by atoms with Crippen molar-refractivity contribution in [1.82, 2.24) is 0 Å². The molecule has 22 heavy (non-hydrogen) atoms. The molecule has 1 aromatic carbocycles. The van der Waals surface area contributed by atoms with Gasteiger partial charge in [-0.3, -0.25) is 0 Å². The molecule has 0 aliphatic carbocycles. The summed E-state index contributed by atoms with van der Waals surface area (Å²) in [6, 6.07) is 7.12. The lowest BCUT2D eigenvalue weighted by Gasteiger charge is -2.23. The molecule has 5 nitrogen and oxygen atoms in total. The Labute approximate surface area is 132 Å². The van der Waals surface area contributed by atoms with Crippen molar-refractivity contribution in [2.24, 2.45) is 5.92 Å². The average Bonchev–Trinajstić information content (AvgIpc) is 2.54. The van der Waals surface area contributed by atoms with Crippen LogP contribution in [0.25, 0.3) is 0 Å². The lowest BCUT2D eigenvalue weighted by atomic mass is 10.2. The Morgan fingerprint density at radius 3 is 2.55 bits per heavy atom. The van der Waals surface area contributed by atoms with E-state index < -0.39 is 0 Å². The van der Waals surface area contributed by atoms with Crippen LogP contribution in [0.5, 0.6) is 5.75 Å². The van der Waals surface area contributed by atoms with E-state index >= 15 is 0 Å². The molecule has 1 heterocycles. The van der Waals surface area contributed by atoms with E-state index in [1.807, 2.05) is 12.1 Å². The topological polar surface area (TPSA) is 49.2 Å². The zero-order valence-corrected chi connectivity index (χ0v) is 13.5. The van der Waals surface area contributed by atoms with Crippen molar-refractivity contribution in [3.63, 3.8) is 0 Å². The first kappa shape index (κ1) is 16.8. The molecular formula is C17H26NO4+. The number of quaternary nitrogens is 1. The molecule has 1 aliphatic heterocycles. The molecule has 1 aromatic rings. The van der Waals surface area contributed by atoms with Crippen LogP contribution in [0.1, 0.15) is 24.2 Å². The zero-order chi connectivity index (χ0) is 15.8. The molecule has 0 unspecified atom stereocenters. The monoisotopic (exact) mass is 308 g/mol. The maximum atomic E-state index is 12.0. The third-order valence-corrected chi connectivity index (χ3v) is 3.56. The number of rotatable bonds is 7. The highest BCUT2D eigenvalue weighted by Crippen LogP contribution is 2.13. The molecule has 1 saturated heterocycles. The Bertz CT molecular complexity index is 452. The van der Waals surface area contributed by atoms with Crippen molar-refractivity contribution < 1.29 is 23.9 Å². The molecule has 0 bridgehead atoms. The van der Waals surface area contributed by atoms with Gasteiger partial charge in [0.2, 0.25) is 0 Å². The van der Waals surface area contributed by atoms with Gasteiger partial charge < -0.3 is 19.1 Å². The van der Waals surface area contributed by atoms with Gasteiger partial charge in [0.25, 0.3) is 0 Å². The van der Waals surface area contributed by atoms with Crippen LogP contribution in [-0.2, 0) is 9.47 Å². The Balaban J connectivity index is 1.72. The maximum Gasteiger partial charge on any atom is 0.338 e. The molecule has 0 aromatic heterocycles. The van der Waals surface area contributed by atoms with Gasteiger partial charge in [-0.25, -0.2) is 4.79 Å². The first-order valence-corrected chi connectivity index (χ1v) is 7.96. The van der Waals surface area contributed by atoms with Crippen molar-refractivity contribution in [2.45, 2.75) is 13.8 Å². The van der Waals surface area contributed by atoms with Gasteiger partial charge in [0.05, 0.1) is 25.4 Å². The van der Waals surface area contributed by atoms with Gasteiger partial charge in [0.1, 0.15) is 32.0 Å². The first-order chi connectivity index (χ1) is 10.6. The molecule has 1 N–H and O–H groups in total. The quantitative estimate of drug-likeness (QED) is 0.757. The van der Waals surface area contributed by atoms with E-state index in [0.717, 1.165) is 38.6 Å². The number of carbonyl (C=O) groups is 1. The molecule has 0 spiro atoms. The number of esters is 1. The summed E-state index contributed by atoms with van der Waals surface area (Å²) in [6.07, 6.45) is 0. The van der Waals surface area contributed by atoms with Crippen LogP contribution in [-0.4, -0.2) is 52.0 Å². The minimum absolute atomic E-state index is 0.275. The summed E-state index contributed by atoms with van der Waals surface area (Å²) < 4.78 is 16.2. The van der Waals surface area contributed by atoms with E-state index in [1.54, 1.807) is 12.1 Å². The molecule has 122 valence electrons. The van der Waals surface area contributed by atoms with E-state index in [1.165, 1.54) is 4.90 Å². The largest absolute Gasteiger partial charge is 0.493 e. The van der Waals surface area contributed by atoms with Gasteiger partial charge in [0.15, 0.2) is 0 Å². The molecule has 5 heteroatoms. The summed E-state index contributed by atoms with van der Waals surface area (Å²) in [6.45, 7) is 9.71. The number of hydrogen-bond acceptors (Lipinski definition) is 4. The van der Waals surface area contributed by atoms with Crippen LogP contribution in [0.3, 0.4) is 0 Å². The normalized spacial score (nSPS) is 15.8. The smallest absolute Gasteiger partial charge is 0.338 e. The number of nitrogens with one attached hydrogen (secondary N) is 1. The molecule has 0 amide bonds. The molecule has 0 radical (unpaired) electrons. The highest BCUT2D eigenvalue weighted by atomic mass is 16.5. The fourth-order valence-corrected chi connectivity index (χ4v) is 2.23. The summed E-state index contributed by atoms with van der Waals surface area (Å²) in [5, 5.41) is 0. The maximum absolute atomic E-state index is 12.0. The third-order valence-electron chi connectivity index (χ3n) is 3.56. The lowest BCUT2D eigenvalue weighted by Crippen LogP contribution is -3.14. The standard InChI is InChI=1S/C17H25NO4/c1-14(2)13-22-16-5-3-15(4-6-16)17(19)21-12-9-18-7-10-20-11-8-18/h3-6,14H,7-13H2,1-2H3/p+1. The summed E-state index contributed by atoms with van der Waals surface area (Å²) in [4.78, 5) is 13.4. The Kier molecular flexibility index (Phi) is 6.68. The molecule has 1 aliphatic rings. The second kappa shape index (κ2) is 8.76. The summed E-state index contributed by atoms with van der Waals surface area (Å²) in [7, 11) is 0. The predicted octanol–water partition coefficient (Wildman–Crippen LogP) is 0.793. The van der Waals surface area contributed by atoms with Gasteiger partial charge in [-0.15, -0.1) is 0 Å². The minimum Gasteiger partial charge on any atom is -0.493 e. The number of carbonyl (C=O) groups excluding carboxylic acids is 1. The van der Waals surface area contributed by atoms with Gasteiger partial charge >= 0.3 is 5.97 Å². The fraction of sp³-hybridized carbons (Fsp3) is 0.588. The third kappa shape index (κ3) is 5.66. The van der Waals surface area contributed by atoms with Gasteiger partial charge in [0, 0.05) is 0 Å². The van der Waals surface area contributed by atoms with Gasteiger partial charge in [-0.2, -0.15) is 0 Å². The second-order valence-electron chi connectivity index (χ2n) is 5.98. The Hall–Kier alpha value is -1.59. The van der Waals surface area contributed by atoms with Crippen LogP contribution in [0.4, 0.5) is 0 Å². The van der Waals surface area contributed by atoms with E-state index in [4.69, 9.17) is 14.2 Å². The predicted molar refractivity (Wildman–Crippen MR) is 83.4 cm³/mol. The molecular weight excluding hydrogens is 282 g/mol. The van der Waals surface area contributed by atoms with Crippen molar-refractivity contribution in [3.8, 4) is 5.75 Å². The zero-order valence-electron chi connectivity index (χ0n) is 13.5. The van der Waals surface area contributed by atoms with Crippen LogP contribution in [0.15, 0.2) is 24.3 Å². The Morgan fingerprint density at radius 1 is 1.23 bits per heavy atom. The van der Waals surface area contributed by atoms with Gasteiger partial charge in [-0.1, -0.05) is 13.8 Å². The minimum atomic E-state index is -0.275. The van der Waals surface area contributed by atoms with E-state index in [2.05, 4.69) is 13.8 Å². The number of hydrogen-bond donors (Lipinski definition) is 1. The first-order valence-electron chi connectivity index (χ1n) is 7.96. The summed E-state index contributed by atoms with van der Waals surface area (Å²) in [5.41, 5.74) is 0.564. The molecule has 0 saturated carbocycles. The molecule has 2 rings (SSSR count). The van der Waals surface area contributed by atoms with Crippen molar-refractivity contribution in [3.05, 3.63) is 29.8 Å². The second-order valence-corrected chi connectivity index (χ2v) is 5.98. The van der Waals surface area contributed by atoms with E-state index in [9.17, 15) is 4.79 Å². The van der Waals surface area contributed by atoms with Crippen LogP contribution in [0, 0.1) is 5.92 Å². The van der Waals surface area contributed by atoms with Gasteiger partial charge in [-0.05, 0) is 30.2 Å². The SMILES string of the molecule is CC(C)COc1ccc(C(=O)OCC[NH+]2CCOCC2)cc1. The fourth-order valence-electron chi connectivity index (χ4n) is 2.23. The van der Waals surface area contributed by atoms with Crippen molar-refractivity contribution >= 4 is 5.97 Å². The van der Waals surface area contributed by atoms with E-state index in [0.29, 0.717) is 24.7 Å². The van der Waals surface area contributed by atoms with Crippen LogP contribution < -0.4 is 9.64 Å². The van der Waals surface area contributed by atoms with Crippen LogP contribution >= 0.6 is 0 Å². The summed E-state index contributed by atoms with van der Waals surface area (Å²) in [5.74, 6) is 0.985. The molecule has 1 fully saturated rings. The van der Waals surface area contributed by atoms with Crippen molar-refractivity contribution in [1.29, 1.82) is 0 Å². The van der Waals surface area contributed by atoms with Crippen LogP contribution in [0.2, 0.25) is 0 Å². The molecule has 0 atom stereocenters. The summed E-state index contributed by atoms with van der Waals surface area (Å²) >= 11 is 0. The van der Waals surface area contributed by atoms with Crippen molar-refractivity contribution in [2.75, 3.05) is 46.1 Å². The highest BCUT2D eigenvalue weighted by molar-refractivity contribution is 5.89. The highest BCUT2D eigenvalue weighted by Gasteiger charge is 2.14. The number of benzene rings is 1. The average molecular weight is 308 g/mol. The lowest BCUT2D eigenvalue weighted by molar-refractivity contribution is -0.908. The number of ether oxygens (including phenoxy) is 3.